The molecule has 1 N–H and O–H groups in total. The van der Waals surface area contributed by atoms with Crippen molar-refractivity contribution in [3.05, 3.63) is 71.1 Å². The summed E-state index contributed by atoms with van der Waals surface area (Å²) in [7, 11) is 0. The van der Waals surface area contributed by atoms with Crippen LogP contribution < -0.4 is 0 Å². The summed E-state index contributed by atoms with van der Waals surface area (Å²) in [5.41, 5.74) is 2.44. The quantitative estimate of drug-likeness (QED) is 0.800. The lowest BCUT2D eigenvalue weighted by Crippen LogP contribution is -2.04. The molecule has 0 aliphatic rings. The van der Waals surface area contributed by atoms with Gasteiger partial charge in [0.25, 0.3) is 0 Å². The van der Waals surface area contributed by atoms with Crippen LogP contribution in [0.1, 0.15) is 17.4 Å². The van der Waals surface area contributed by atoms with Gasteiger partial charge in [0.05, 0.1) is 16.6 Å². The lowest BCUT2D eigenvalue weighted by molar-refractivity contribution is 0.177. The van der Waals surface area contributed by atoms with Gasteiger partial charge in [-0.15, -0.1) is 0 Å². The van der Waals surface area contributed by atoms with Crippen molar-refractivity contribution in [2.75, 3.05) is 0 Å². The van der Waals surface area contributed by atoms with E-state index in [-0.39, 0.29) is 0 Å². The molecule has 2 heterocycles. The minimum atomic E-state index is -0.681. The van der Waals surface area contributed by atoms with Gasteiger partial charge in [-0.1, -0.05) is 35.9 Å². The average Bonchev–Trinajstić information content (AvgIpc) is 2.47. The fourth-order valence-corrected chi connectivity index (χ4v) is 2.43. The van der Waals surface area contributed by atoms with Crippen LogP contribution in [0.15, 0.2) is 54.9 Å². The number of rotatable bonds is 3. The average molecular weight is 285 g/mol. The number of benzene rings is 1. The number of aliphatic hydroxyl groups is 1. The Kier molecular flexibility index (Phi) is 3.63. The summed E-state index contributed by atoms with van der Waals surface area (Å²) >= 11 is 6.04. The van der Waals surface area contributed by atoms with Crippen molar-refractivity contribution in [3.63, 3.8) is 0 Å². The zero-order valence-corrected chi connectivity index (χ0v) is 11.5. The molecular weight excluding hydrogens is 272 g/mol. The number of hydrogen-bond acceptors (Lipinski definition) is 3. The third-order valence-electron chi connectivity index (χ3n) is 3.22. The summed E-state index contributed by atoms with van der Waals surface area (Å²) < 4.78 is 0. The standard InChI is InChI=1S/C16H13ClN2O/c17-14-10-18-8-7-13(14)16(20)9-12-6-5-11-3-1-2-4-15(11)19-12/h1-8,10,16,20H,9H2. The van der Waals surface area contributed by atoms with Crippen molar-refractivity contribution in [1.29, 1.82) is 0 Å². The SMILES string of the molecule is OC(Cc1ccc2ccccc2n1)c1ccncc1Cl. The monoisotopic (exact) mass is 284 g/mol. The molecule has 1 unspecified atom stereocenters. The highest BCUT2D eigenvalue weighted by atomic mass is 35.5. The van der Waals surface area contributed by atoms with Crippen LogP contribution in [-0.2, 0) is 6.42 Å². The first-order valence-corrected chi connectivity index (χ1v) is 6.74. The predicted molar refractivity (Wildman–Crippen MR) is 79.7 cm³/mol. The molecule has 0 radical (unpaired) electrons. The third kappa shape index (κ3) is 2.64. The van der Waals surface area contributed by atoms with Gasteiger partial charge in [-0.2, -0.15) is 0 Å². The number of aromatic nitrogens is 2. The number of fused-ring (bicyclic) bond motifs is 1. The molecule has 20 heavy (non-hydrogen) atoms. The van der Waals surface area contributed by atoms with Crippen LogP contribution in [0.25, 0.3) is 10.9 Å². The normalized spacial score (nSPS) is 12.5. The van der Waals surface area contributed by atoms with Crippen molar-refractivity contribution in [1.82, 2.24) is 9.97 Å². The fraction of sp³-hybridized carbons (Fsp3) is 0.125. The van der Waals surface area contributed by atoms with Gasteiger partial charge in [0.15, 0.2) is 0 Å². The summed E-state index contributed by atoms with van der Waals surface area (Å²) in [4.78, 5) is 8.47. The summed E-state index contributed by atoms with van der Waals surface area (Å²) in [5.74, 6) is 0. The molecule has 0 amide bonds. The maximum atomic E-state index is 10.3. The molecule has 1 aromatic carbocycles. The van der Waals surface area contributed by atoms with Crippen molar-refractivity contribution in [3.8, 4) is 0 Å². The summed E-state index contributed by atoms with van der Waals surface area (Å²) in [5, 5.41) is 11.8. The topological polar surface area (TPSA) is 46.0 Å². The third-order valence-corrected chi connectivity index (χ3v) is 3.54. The summed E-state index contributed by atoms with van der Waals surface area (Å²) in [6.45, 7) is 0. The Morgan fingerprint density at radius 1 is 1.10 bits per heavy atom. The smallest absolute Gasteiger partial charge is 0.0860 e. The Morgan fingerprint density at radius 2 is 1.95 bits per heavy atom. The van der Waals surface area contributed by atoms with Crippen LogP contribution in [0.3, 0.4) is 0 Å². The Balaban J connectivity index is 1.87. The van der Waals surface area contributed by atoms with E-state index in [1.54, 1.807) is 12.3 Å². The van der Waals surface area contributed by atoms with E-state index in [2.05, 4.69) is 9.97 Å². The van der Waals surface area contributed by atoms with Crippen LogP contribution in [0.2, 0.25) is 5.02 Å². The lowest BCUT2D eigenvalue weighted by atomic mass is 10.1. The molecule has 4 heteroatoms. The first-order valence-electron chi connectivity index (χ1n) is 6.36. The number of para-hydroxylation sites is 1. The summed E-state index contributed by atoms with van der Waals surface area (Å²) in [6.07, 6.45) is 2.90. The molecule has 2 aromatic heterocycles. The lowest BCUT2D eigenvalue weighted by Gasteiger charge is -2.12. The van der Waals surface area contributed by atoms with Crippen LogP contribution in [0, 0.1) is 0 Å². The van der Waals surface area contributed by atoms with E-state index in [4.69, 9.17) is 11.6 Å². The highest BCUT2D eigenvalue weighted by Gasteiger charge is 2.13. The molecule has 0 bridgehead atoms. The predicted octanol–water partition coefficient (Wildman–Crippen LogP) is 3.56. The zero-order valence-electron chi connectivity index (χ0n) is 10.7. The van der Waals surface area contributed by atoms with E-state index in [1.807, 2.05) is 36.4 Å². The van der Waals surface area contributed by atoms with Gasteiger partial charge < -0.3 is 5.11 Å². The van der Waals surface area contributed by atoms with Gasteiger partial charge >= 0.3 is 0 Å². The summed E-state index contributed by atoms with van der Waals surface area (Å²) in [6, 6.07) is 13.6. The van der Waals surface area contributed by atoms with E-state index >= 15 is 0 Å². The van der Waals surface area contributed by atoms with Gasteiger partial charge in [0.2, 0.25) is 0 Å². The number of hydrogen-bond donors (Lipinski definition) is 1. The highest BCUT2D eigenvalue weighted by Crippen LogP contribution is 2.24. The van der Waals surface area contributed by atoms with Crippen molar-refractivity contribution >= 4 is 22.5 Å². The van der Waals surface area contributed by atoms with E-state index < -0.39 is 6.10 Å². The number of pyridine rings is 2. The molecule has 3 rings (SSSR count). The largest absolute Gasteiger partial charge is 0.388 e. The fourth-order valence-electron chi connectivity index (χ4n) is 2.19. The van der Waals surface area contributed by atoms with Gasteiger partial charge in [0.1, 0.15) is 0 Å². The maximum Gasteiger partial charge on any atom is 0.0860 e. The van der Waals surface area contributed by atoms with Gasteiger partial charge in [-0.25, -0.2) is 0 Å². The van der Waals surface area contributed by atoms with E-state index in [0.29, 0.717) is 17.0 Å². The Bertz CT molecular complexity index is 745. The molecule has 0 fully saturated rings. The van der Waals surface area contributed by atoms with Gasteiger partial charge in [-0.05, 0) is 18.2 Å². The molecule has 3 nitrogen and oxygen atoms in total. The Hall–Kier alpha value is -1.97. The van der Waals surface area contributed by atoms with Crippen molar-refractivity contribution in [2.24, 2.45) is 0 Å². The second-order valence-electron chi connectivity index (χ2n) is 4.61. The molecule has 0 aliphatic heterocycles. The Labute approximate surface area is 121 Å². The van der Waals surface area contributed by atoms with E-state index in [9.17, 15) is 5.11 Å². The molecule has 0 saturated heterocycles. The number of aliphatic hydroxyl groups excluding tert-OH is 1. The van der Waals surface area contributed by atoms with Crippen LogP contribution in [0.4, 0.5) is 0 Å². The zero-order chi connectivity index (χ0) is 13.9. The second-order valence-corrected chi connectivity index (χ2v) is 5.02. The van der Waals surface area contributed by atoms with E-state index in [1.165, 1.54) is 6.20 Å². The first kappa shape index (κ1) is 13.0. The van der Waals surface area contributed by atoms with Gasteiger partial charge in [-0.3, -0.25) is 9.97 Å². The first-order chi connectivity index (χ1) is 9.74. The van der Waals surface area contributed by atoms with Crippen molar-refractivity contribution < 1.29 is 5.11 Å². The minimum Gasteiger partial charge on any atom is -0.388 e. The van der Waals surface area contributed by atoms with Gasteiger partial charge in [0, 0.05) is 35.5 Å². The van der Waals surface area contributed by atoms with Crippen LogP contribution >= 0.6 is 11.6 Å². The Morgan fingerprint density at radius 3 is 2.80 bits per heavy atom. The molecule has 0 saturated carbocycles. The molecule has 100 valence electrons. The van der Waals surface area contributed by atoms with Crippen LogP contribution in [-0.4, -0.2) is 15.1 Å². The van der Waals surface area contributed by atoms with Crippen LogP contribution in [0.5, 0.6) is 0 Å². The second kappa shape index (κ2) is 5.57. The van der Waals surface area contributed by atoms with Crippen molar-refractivity contribution in [2.45, 2.75) is 12.5 Å². The molecule has 3 aromatic rings. The maximum absolute atomic E-state index is 10.3. The molecule has 1 atom stereocenters. The molecular formula is C16H13ClN2O. The highest BCUT2D eigenvalue weighted by molar-refractivity contribution is 6.31. The molecule has 0 spiro atoms. The number of halogens is 1. The number of nitrogens with zero attached hydrogens (tertiary/aromatic N) is 2. The van der Waals surface area contributed by atoms with E-state index in [0.717, 1.165) is 16.6 Å². The molecule has 0 aliphatic carbocycles. The minimum absolute atomic E-state index is 0.425.